The molecule has 0 atom stereocenters. The van der Waals surface area contributed by atoms with Crippen molar-refractivity contribution in [2.24, 2.45) is 0 Å². The Hall–Kier alpha value is -2.93. The normalized spacial score (nSPS) is 14.2. The van der Waals surface area contributed by atoms with E-state index in [-0.39, 0.29) is 5.82 Å². The Morgan fingerprint density at radius 2 is 1.79 bits per heavy atom. The Labute approximate surface area is 168 Å². The van der Waals surface area contributed by atoms with Crippen molar-refractivity contribution in [1.29, 1.82) is 0 Å². The molecule has 6 nitrogen and oxygen atoms in total. The molecule has 2 heterocycles. The summed E-state index contributed by atoms with van der Waals surface area (Å²) in [6, 6.07) is 12.6. The van der Waals surface area contributed by atoms with Crippen molar-refractivity contribution in [3.63, 3.8) is 0 Å². The molecule has 1 fully saturated rings. The first kappa shape index (κ1) is 18.4. The maximum atomic E-state index is 14.0. The quantitative estimate of drug-likeness (QED) is 0.715. The Morgan fingerprint density at radius 1 is 1.04 bits per heavy atom. The maximum Gasteiger partial charge on any atom is 0.249 e. The number of piperazine rings is 1. The predicted octanol–water partition coefficient (Wildman–Crippen LogP) is 4.04. The topological polar surface area (TPSA) is 57.2 Å². The van der Waals surface area contributed by atoms with E-state index in [9.17, 15) is 4.39 Å². The molecule has 1 aliphatic rings. The minimum atomic E-state index is -0.192. The number of anilines is 4. The van der Waals surface area contributed by atoms with Crippen LogP contribution in [0.15, 0.2) is 48.7 Å². The molecule has 0 aliphatic carbocycles. The molecule has 1 N–H and O–H groups in total. The summed E-state index contributed by atoms with van der Waals surface area (Å²) in [7, 11) is 0. The summed E-state index contributed by atoms with van der Waals surface area (Å²) in [5, 5.41) is 11.9. The lowest BCUT2D eigenvalue weighted by Crippen LogP contribution is -2.47. The van der Waals surface area contributed by atoms with E-state index < -0.39 is 0 Å². The zero-order chi connectivity index (χ0) is 19.5. The van der Waals surface area contributed by atoms with Crippen molar-refractivity contribution in [3.05, 3.63) is 65.1 Å². The van der Waals surface area contributed by atoms with Crippen LogP contribution in [0, 0.1) is 12.7 Å². The number of aryl methyl sites for hydroxylation is 1. The molecule has 0 unspecified atom stereocenters. The number of para-hydroxylation sites is 1. The summed E-state index contributed by atoms with van der Waals surface area (Å²) in [5.74, 6) is 0.959. The van der Waals surface area contributed by atoms with Gasteiger partial charge >= 0.3 is 0 Å². The Kier molecular flexibility index (Phi) is 5.25. The fraction of sp³-hybridized carbons (Fsp3) is 0.250. The van der Waals surface area contributed by atoms with E-state index in [1.165, 1.54) is 6.07 Å². The summed E-state index contributed by atoms with van der Waals surface area (Å²) in [6.45, 7) is 4.82. The van der Waals surface area contributed by atoms with Crippen LogP contribution in [0.5, 0.6) is 0 Å². The molecular weight excluding hydrogens is 379 g/mol. The average Bonchev–Trinajstić information content (AvgIpc) is 2.72. The van der Waals surface area contributed by atoms with Crippen LogP contribution in [0.4, 0.5) is 27.5 Å². The highest BCUT2D eigenvalue weighted by Crippen LogP contribution is 2.24. The fourth-order valence-electron chi connectivity index (χ4n) is 3.18. The van der Waals surface area contributed by atoms with Crippen molar-refractivity contribution in [1.82, 2.24) is 15.2 Å². The van der Waals surface area contributed by atoms with Crippen LogP contribution in [0.2, 0.25) is 5.02 Å². The minimum absolute atomic E-state index is 0.192. The van der Waals surface area contributed by atoms with Crippen molar-refractivity contribution in [2.45, 2.75) is 6.92 Å². The number of rotatable bonds is 4. The molecule has 0 spiro atoms. The molecule has 0 radical (unpaired) electrons. The summed E-state index contributed by atoms with van der Waals surface area (Å²) >= 11 is 6.17. The first-order chi connectivity index (χ1) is 13.6. The van der Waals surface area contributed by atoms with E-state index >= 15 is 0 Å². The van der Waals surface area contributed by atoms with Gasteiger partial charge in [-0.15, -0.1) is 5.10 Å². The molecule has 3 aromatic rings. The monoisotopic (exact) mass is 398 g/mol. The molecule has 1 aromatic heterocycles. The molecule has 0 bridgehead atoms. The Morgan fingerprint density at radius 3 is 2.54 bits per heavy atom. The fourth-order valence-corrected chi connectivity index (χ4v) is 3.37. The smallest absolute Gasteiger partial charge is 0.249 e. The van der Waals surface area contributed by atoms with Gasteiger partial charge in [0.25, 0.3) is 0 Å². The van der Waals surface area contributed by atoms with Gasteiger partial charge in [0.05, 0.1) is 11.9 Å². The number of nitrogens with one attached hydrogen (secondary N) is 1. The lowest BCUT2D eigenvalue weighted by atomic mass is 10.2. The van der Waals surface area contributed by atoms with Crippen molar-refractivity contribution in [2.75, 3.05) is 41.3 Å². The second kappa shape index (κ2) is 7.98. The van der Waals surface area contributed by atoms with Gasteiger partial charge in [0, 0.05) is 36.9 Å². The first-order valence-corrected chi connectivity index (χ1v) is 9.45. The molecule has 1 aliphatic heterocycles. The van der Waals surface area contributed by atoms with Crippen LogP contribution in [0.1, 0.15) is 5.56 Å². The molecule has 144 valence electrons. The standard InChI is InChI=1S/C20H20ClFN6/c1-14-6-7-15(12-16(14)21)24-20-25-19(13-23-26-20)28-10-8-27(9-11-28)18-5-3-2-4-17(18)22/h2-7,12-13H,8-11H2,1H3,(H,24,25,26). The Bertz CT molecular complexity index is 974. The van der Waals surface area contributed by atoms with Gasteiger partial charge in [-0.2, -0.15) is 10.1 Å². The maximum absolute atomic E-state index is 14.0. The van der Waals surface area contributed by atoms with Crippen molar-refractivity contribution >= 4 is 34.7 Å². The lowest BCUT2D eigenvalue weighted by Gasteiger charge is -2.36. The molecular formula is C20H20ClFN6. The van der Waals surface area contributed by atoms with Gasteiger partial charge in [-0.05, 0) is 36.8 Å². The summed E-state index contributed by atoms with van der Waals surface area (Å²) < 4.78 is 14.0. The van der Waals surface area contributed by atoms with Gasteiger partial charge in [0.2, 0.25) is 5.95 Å². The molecule has 2 aromatic carbocycles. The minimum Gasteiger partial charge on any atom is -0.366 e. The third-order valence-corrected chi connectivity index (χ3v) is 5.18. The van der Waals surface area contributed by atoms with Gasteiger partial charge in [0.15, 0.2) is 5.82 Å². The second-order valence-electron chi connectivity index (χ2n) is 6.65. The highest BCUT2D eigenvalue weighted by molar-refractivity contribution is 6.31. The third-order valence-electron chi connectivity index (χ3n) is 4.77. The van der Waals surface area contributed by atoms with Crippen LogP contribution in [0.3, 0.4) is 0 Å². The number of benzene rings is 2. The SMILES string of the molecule is Cc1ccc(Nc2nncc(N3CCN(c4ccccc4F)CC3)n2)cc1Cl. The van der Waals surface area contributed by atoms with Crippen LogP contribution in [-0.2, 0) is 0 Å². The molecule has 8 heteroatoms. The largest absolute Gasteiger partial charge is 0.366 e. The van der Waals surface area contributed by atoms with E-state index in [1.54, 1.807) is 12.3 Å². The van der Waals surface area contributed by atoms with Crippen LogP contribution in [-0.4, -0.2) is 41.4 Å². The van der Waals surface area contributed by atoms with Gasteiger partial charge < -0.3 is 15.1 Å². The third kappa shape index (κ3) is 3.99. The van der Waals surface area contributed by atoms with Gasteiger partial charge in [0.1, 0.15) is 5.82 Å². The van der Waals surface area contributed by atoms with E-state index in [4.69, 9.17) is 11.6 Å². The van der Waals surface area contributed by atoms with E-state index in [1.807, 2.05) is 42.2 Å². The first-order valence-electron chi connectivity index (χ1n) is 9.07. The molecule has 0 saturated carbocycles. The molecule has 28 heavy (non-hydrogen) atoms. The highest BCUT2D eigenvalue weighted by Gasteiger charge is 2.20. The zero-order valence-electron chi connectivity index (χ0n) is 15.4. The van der Waals surface area contributed by atoms with E-state index in [0.717, 1.165) is 30.2 Å². The number of nitrogens with zero attached hydrogens (tertiary/aromatic N) is 5. The van der Waals surface area contributed by atoms with Crippen LogP contribution in [0.25, 0.3) is 0 Å². The van der Waals surface area contributed by atoms with E-state index in [2.05, 4.69) is 25.4 Å². The van der Waals surface area contributed by atoms with Gasteiger partial charge in [-0.1, -0.05) is 29.8 Å². The summed E-state index contributed by atoms with van der Waals surface area (Å²) in [4.78, 5) is 8.74. The lowest BCUT2D eigenvalue weighted by molar-refractivity contribution is 0.595. The average molecular weight is 399 g/mol. The van der Waals surface area contributed by atoms with Crippen molar-refractivity contribution in [3.8, 4) is 0 Å². The van der Waals surface area contributed by atoms with Crippen LogP contribution < -0.4 is 15.1 Å². The van der Waals surface area contributed by atoms with Gasteiger partial charge in [-0.3, -0.25) is 0 Å². The number of hydrogen-bond acceptors (Lipinski definition) is 6. The number of aromatic nitrogens is 3. The Balaban J connectivity index is 1.44. The highest BCUT2D eigenvalue weighted by atomic mass is 35.5. The molecule has 4 rings (SSSR count). The number of halogens is 2. The van der Waals surface area contributed by atoms with Crippen molar-refractivity contribution < 1.29 is 4.39 Å². The zero-order valence-corrected chi connectivity index (χ0v) is 16.2. The summed E-state index contributed by atoms with van der Waals surface area (Å²) in [6.07, 6.45) is 1.64. The molecule has 0 amide bonds. The van der Waals surface area contributed by atoms with E-state index in [0.29, 0.717) is 29.7 Å². The van der Waals surface area contributed by atoms with Gasteiger partial charge in [-0.25, -0.2) is 4.39 Å². The van der Waals surface area contributed by atoms with Crippen LogP contribution >= 0.6 is 11.6 Å². The second-order valence-corrected chi connectivity index (χ2v) is 7.06. The molecule has 1 saturated heterocycles. The predicted molar refractivity (Wildman–Crippen MR) is 110 cm³/mol. The summed E-state index contributed by atoms with van der Waals surface area (Å²) in [5.41, 5.74) is 2.45. The number of hydrogen-bond donors (Lipinski definition) is 1.